The Kier molecular flexibility index (Phi) is 4.16. The molecule has 78 valence electrons. The van der Waals surface area contributed by atoms with Gasteiger partial charge in [0.2, 0.25) is 0 Å². The van der Waals surface area contributed by atoms with Crippen molar-refractivity contribution >= 4 is 0 Å². The molecular formula is C10H22NO2+. The van der Waals surface area contributed by atoms with Crippen molar-refractivity contribution in [1.82, 2.24) is 0 Å². The van der Waals surface area contributed by atoms with Crippen LogP contribution in [0.3, 0.4) is 0 Å². The van der Waals surface area contributed by atoms with Crippen molar-refractivity contribution in [2.24, 2.45) is 0 Å². The second kappa shape index (κ2) is 4.94. The molecule has 1 aliphatic heterocycles. The number of likely N-dealkylation sites (N-methyl/N-ethyl adjacent to an activating group) is 1. The lowest BCUT2D eigenvalue weighted by Crippen LogP contribution is -2.47. The van der Waals surface area contributed by atoms with Gasteiger partial charge in [-0.25, -0.2) is 0 Å². The fraction of sp³-hybridized carbons (Fsp3) is 1.00. The minimum atomic E-state index is -0.289. The summed E-state index contributed by atoms with van der Waals surface area (Å²) in [4.78, 5) is 0. The van der Waals surface area contributed by atoms with Crippen LogP contribution in [0.15, 0.2) is 0 Å². The van der Waals surface area contributed by atoms with E-state index in [1.807, 2.05) is 6.92 Å². The van der Waals surface area contributed by atoms with Crippen LogP contribution in [0.4, 0.5) is 0 Å². The van der Waals surface area contributed by atoms with Gasteiger partial charge in [-0.3, -0.25) is 0 Å². The van der Waals surface area contributed by atoms with E-state index in [0.717, 1.165) is 11.0 Å². The number of rotatable bonds is 5. The summed E-state index contributed by atoms with van der Waals surface area (Å²) in [6.45, 7) is 6.41. The van der Waals surface area contributed by atoms with E-state index in [4.69, 9.17) is 4.74 Å². The topological polar surface area (TPSA) is 29.5 Å². The van der Waals surface area contributed by atoms with Crippen LogP contribution >= 0.6 is 0 Å². The molecule has 0 spiro atoms. The zero-order valence-electron chi connectivity index (χ0n) is 8.83. The Hall–Kier alpha value is -0.120. The molecular weight excluding hydrogens is 166 g/mol. The first-order valence-corrected chi connectivity index (χ1v) is 5.26. The summed E-state index contributed by atoms with van der Waals surface area (Å²) < 4.78 is 6.21. The molecule has 3 nitrogen and oxygen atoms in total. The summed E-state index contributed by atoms with van der Waals surface area (Å²) in [5, 5.41) is 9.67. The zero-order chi connectivity index (χ0) is 9.73. The van der Waals surface area contributed by atoms with Gasteiger partial charge in [-0.1, -0.05) is 0 Å². The standard InChI is InChI=1S/C10H22NO2/c1-3-13-9-10(12)8-11(2)6-4-5-7-11/h10,12H,3-9H2,1-2H3/q+1. The highest BCUT2D eigenvalue weighted by molar-refractivity contribution is 4.58. The third-order valence-electron chi connectivity index (χ3n) is 2.81. The number of quaternary nitrogens is 1. The zero-order valence-corrected chi connectivity index (χ0v) is 8.83. The molecule has 0 radical (unpaired) electrons. The minimum Gasteiger partial charge on any atom is -0.385 e. The van der Waals surface area contributed by atoms with Gasteiger partial charge in [-0.2, -0.15) is 0 Å². The first-order valence-electron chi connectivity index (χ1n) is 5.26. The Morgan fingerprint density at radius 1 is 1.38 bits per heavy atom. The van der Waals surface area contributed by atoms with Crippen LogP contribution in [-0.4, -0.2) is 55.6 Å². The van der Waals surface area contributed by atoms with Crippen LogP contribution in [-0.2, 0) is 4.74 Å². The number of aliphatic hydroxyl groups is 1. The van der Waals surface area contributed by atoms with E-state index < -0.39 is 0 Å². The number of hydrogen-bond donors (Lipinski definition) is 1. The van der Waals surface area contributed by atoms with Gasteiger partial charge in [0, 0.05) is 19.4 Å². The summed E-state index contributed by atoms with van der Waals surface area (Å²) >= 11 is 0. The summed E-state index contributed by atoms with van der Waals surface area (Å²) in [7, 11) is 2.22. The van der Waals surface area contributed by atoms with E-state index in [1.54, 1.807) is 0 Å². The van der Waals surface area contributed by atoms with Crippen molar-refractivity contribution in [3.63, 3.8) is 0 Å². The SMILES string of the molecule is CCOCC(O)C[N+]1(C)CCCC1. The second-order valence-electron chi connectivity index (χ2n) is 4.27. The maximum absolute atomic E-state index is 9.67. The van der Waals surface area contributed by atoms with E-state index in [1.165, 1.54) is 25.9 Å². The molecule has 1 heterocycles. The minimum absolute atomic E-state index is 0.289. The average Bonchev–Trinajstić information content (AvgIpc) is 2.48. The Morgan fingerprint density at radius 3 is 2.54 bits per heavy atom. The number of likely N-dealkylation sites (tertiary alicyclic amines) is 1. The lowest BCUT2D eigenvalue weighted by atomic mass is 10.3. The molecule has 0 amide bonds. The average molecular weight is 188 g/mol. The van der Waals surface area contributed by atoms with Crippen LogP contribution in [0, 0.1) is 0 Å². The van der Waals surface area contributed by atoms with Crippen LogP contribution in [0.2, 0.25) is 0 Å². The number of aliphatic hydroxyl groups excluding tert-OH is 1. The molecule has 0 aromatic rings. The van der Waals surface area contributed by atoms with Crippen molar-refractivity contribution in [3.05, 3.63) is 0 Å². The van der Waals surface area contributed by atoms with Gasteiger partial charge in [0.1, 0.15) is 12.6 Å². The molecule has 13 heavy (non-hydrogen) atoms. The van der Waals surface area contributed by atoms with E-state index >= 15 is 0 Å². The van der Waals surface area contributed by atoms with Crippen molar-refractivity contribution in [2.45, 2.75) is 25.9 Å². The monoisotopic (exact) mass is 188 g/mol. The first kappa shape index (κ1) is 11.0. The van der Waals surface area contributed by atoms with Crippen LogP contribution in [0.25, 0.3) is 0 Å². The molecule has 1 aliphatic rings. The molecule has 1 saturated heterocycles. The third kappa shape index (κ3) is 3.63. The molecule has 0 aromatic carbocycles. The van der Waals surface area contributed by atoms with Gasteiger partial charge in [-0.15, -0.1) is 0 Å². The maximum atomic E-state index is 9.67. The van der Waals surface area contributed by atoms with Crippen molar-refractivity contribution in [3.8, 4) is 0 Å². The van der Waals surface area contributed by atoms with Crippen LogP contribution in [0.1, 0.15) is 19.8 Å². The Labute approximate surface area is 80.9 Å². The summed E-state index contributed by atoms with van der Waals surface area (Å²) in [6.07, 6.45) is 2.32. The van der Waals surface area contributed by atoms with Gasteiger partial charge >= 0.3 is 0 Å². The summed E-state index contributed by atoms with van der Waals surface area (Å²) in [5.74, 6) is 0. The van der Waals surface area contributed by atoms with Crippen molar-refractivity contribution in [2.75, 3.05) is 39.9 Å². The van der Waals surface area contributed by atoms with Gasteiger partial charge in [-0.05, 0) is 6.92 Å². The van der Waals surface area contributed by atoms with Crippen LogP contribution in [0.5, 0.6) is 0 Å². The van der Waals surface area contributed by atoms with Crippen LogP contribution < -0.4 is 0 Å². The molecule has 0 saturated carbocycles. The molecule has 1 atom stereocenters. The predicted molar refractivity (Wildman–Crippen MR) is 52.5 cm³/mol. The molecule has 3 heteroatoms. The molecule has 1 N–H and O–H groups in total. The first-order chi connectivity index (χ1) is 6.16. The molecule has 0 bridgehead atoms. The lowest BCUT2D eigenvalue weighted by molar-refractivity contribution is -0.900. The molecule has 1 fully saturated rings. The highest BCUT2D eigenvalue weighted by Gasteiger charge is 2.29. The largest absolute Gasteiger partial charge is 0.385 e. The van der Waals surface area contributed by atoms with Crippen molar-refractivity contribution in [1.29, 1.82) is 0 Å². The molecule has 1 unspecified atom stereocenters. The second-order valence-corrected chi connectivity index (χ2v) is 4.27. The van der Waals surface area contributed by atoms with E-state index in [9.17, 15) is 5.11 Å². The Morgan fingerprint density at radius 2 is 2.00 bits per heavy atom. The van der Waals surface area contributed by atoms with Gasteiger partial charge in [0.05, 0.1) is 26.7 Å². The number of ether oxygens (including phenoxy) is 1. The smallest absolute Gasteiger partial charge is 0.126 e. The summed E-state index contributed by atoms with van der Waals surface area (Å²) in [5.41, 5.74) is 0. The van der Waals surface area contributed by atoms with E-state index in [-0.39, 0.29) is 6.10 Å². The lowest BCUT2D eigenvalue weighted by Gasteiger charge is -2.31. The Bertz CT molecular complexity index is 144. The summed E-state index contributed by atoms with van der Waals surface area (Å²) in [6, 6.07) is 0. The van der Waals surface area contributed by atoms with E-state index in [0.29, 0.717) is 13.2 Å². The number of nitrogens with zero attached hydrogens (tertiary/aromatic N) is 1. The quantitative estimate of drug-likeness (QED) is 0.641. The maximum Gasteiger partial charge on any atom is 0.126 e. The Balaban J connectivity index is 2.21. The third-order valence-corrected chi connectivity index (χ3v) is 2.81. The normalized spacial score (nSPS) is 23.3. The highest BCUT2D eigenvalue weighted by Crippen LogP contribution is 2.16. The van der Waals surface area contributed by atoms with Crippen molar-refractivity contribution < 1.29 is 14.3 Å². The molecule has 0 aromatic heterocycles. The molecule has 1 rings (SSSR count). The number of hydrogen-bond acceptors (Lipinski definition) is 2. The molecule has 0 aliphatic carbocycles. The highest BCUT2D eigenvalue weighted by atomic mass is 16.5. The van der Waals surface area contributed by atoms with Gasteiger partial charge in [0.15, 0.2) is 0 Å². The van der Waals surface area contributed by atoms with Gasteiger partial charge < -0.3 is 14.3 Å². The van der Waals surface area contributed by atoms with E-state index in [2.05, 4.69) is 7.05 Å². The predicted octanol–water partition coefficient (Wildman–Crippen LogP) is 0.624. The fourth-order valence-electron chi connectivity index (χ4n) is 2.10. The van der Waals surface area contributed by atoms with Gasteiger partial charge in [0.25, 0.3) is 0 Å². The fourth-order valence-corrected chi connectivity index (χ4v) is 2.10.